The van der Waals surface area contributed by atoms with Gasteiger partial charge in [-0.25, -0.2) is 0 Å². The van der Waals surface area contributed by atoms with E-state index in [2.05, 4.69) is 19.0 Å². The van der Waals surface area contributed by atoms with Crippen molar-refractivity contribution in [1.29, 1.82) is 0 Å². The second-order valence-corrected chi connectivity index (χ2v) is 4.76. The fraction of sp³-hybridized carbons (Fsp3) is 0.700. The topological polar surface area (TPSA) is 52.0 Å². The minimum Gasteiger partial charge on any atom is -0.361 e. The summed E-state index contributed by atoms with van der Waals surface area (Å²) in [5, 5.41) is 3.96. The lowest BCUT2D eigenvalue weighted by Gasteiger charge is -2.31. The highest BCUT2D eigenvalue weighted by atomic mass is 16.5. The average Bonchev–Trinajstić information content (AvgIpc) is 2.28. The number of fused-ring (bicyclic) bond motifs is 1. The molecule has 0 saturated heterocycles. The third-order valence-corrected chi connectivity index (χ3v) is 2.77. The van der Waals surface area contributed by atoms with Crippen LogP contribution >= 0.6 is 0 Å². The summed E-state index contributed by atoms with van der Waals surface area (Å²) in [7, 11) is 0. The number of hydrogen-bond donors (Lipinski definition) is 1. The third-order valence-electron chi connectivity index (χ3n) is 2.77. The minimum absolute atomic E-state index is 0.102. The Bertz CT molecular complexity index is 328. The van der Waals surface area contributed by atoms with Crippen molar-refractivity contribution >= 4 is 0 Å². The molecule has 3 nitrogen and oxygen atoms in total. The Hall–Kier alpha value is -0.830. The van der Waals surface area contributed by atoms with Crippen LogP contribution in [0.15, 0.2) is 4.52 Å². The van der Waals surface area contributed by atoms with Crippen molar-refractivity contribution in [2.24, 2.45) is 11.1 Å². The van der Waals surface area contributed by atoms with Crippen LogP contribution < -0.4 is 5.73 Å². The number of aromatic nitrogens is 1. The SMILES string of the molecule is Cc1noc2c1C(N)CC(C)(C)C2. The summed E-state index contributed by atoms with van der Waals surface area (Å²) in [6, 6.07) is 0.102. The van der Waals surface area contributed by atoms with Gasteiger partial charge in [0.2, 0.25) is 0 Å². The van der Waals surface area contributed by atoms with Gasteiger partial charge in [-0.3, -0.25) is 0 Å². The van der Waals surface area contributed by atoms with Crippen LogP contribution in [0.1, 0.15) is 43.3 Å². The molecule has 0 spiro atoms. The summed E-state index contributed by atoms with van der Waals surface area (Å²) in [4.78, 5) is 0. The largest absolute Gasteiger partial charge is 0.361 e. The van der Waals surface area contributed by atoms with Crippen LogP contribution in [0, 0.1) is 12.3 Å². The lowest BCUT2D eigenvalue weighted by molar-refractivity contribution is 0.242. The number of nitrogens with two attached hydrogens (primary N) is 1. The molecule has 0 fully saturated rings. The van der Waals surface area contributed by atoms with Gasteiger partial charge in [0.15, 0.2) is 0 Å². The molecule has 1 aromatic rings. The van der Waals surface area contributed by atoms with E-state index in [4.69, 9.17) is 10.3 Å². The van der Waals surface area contributed by atoms with Crippen molar-refractivity contribution in [2.45, 2.75) is 39.7 Å². The maximum Gasteiger partial charge on any atom is 0.142 e. The molecule has 1 aliphatic carbocycles. The standard InChI is InChI=1S/C10H16N2O/c1-6-9-7(11)4-10(2,3)5-8(9)13-12-6/h7H,4-5,11H2,1-3H3. The fourth-order valence-electron chi connectivity index (χ4n) is 2.23. The van der Waals surface area contributed by atoms with E-state index in [0.29, 0.717) is 0 Å². The Morgan fingerprint density at radius 1 is 1.54 bits per heavy atom. The molecule has 2 N–H and O–H groups in total. The van der Waals surface area contributed by atoms with Crippen LogP contribution in [0.5, 0.6) is 0 Å². The first kappa shape index (κ1) is 8.75. The molecule has 0 aromatic carbocycles. The van der Waals surface area contributed by atoms with Gasteiger partial charge in [0.1, 0.15) is 5.76 Å². The summed E-state index contributed by atoms with van der Waals surface area (Å²) < 4.78 is 5.26. The van der Waals surface area contributed by atoms with Gasteiger partial charge in [0, 0.05) is 18.0 Å². The predicted octanol–water partition coefficient (Wildman–Crippen LogP) is 1.96. The smallest absolute Gasteiger partial charge is 0.142 e. The predicted molar refractivity (Wildman–Crippen MR) is 50.3 cm³/mol. The number of nitrogens with zero attached hydrogens (tertiary/aromatic N) is 1. The minimum atomic E-state index is 0.102. The zero-order valence-corrected chi connectivity index (χ0v) is 8.42. The first-order valence-corrected chi connectivity index (χ1v) is 4.70. The number of aryl methyl sites for hydroxylation is 1. The zero-order valence-electron chi connectivity index (χ0n) is 8.42. The first-order valence-electron chi connectivity index (χ1n) is 4.70. The second-order valence-electron chi connectivity index (χ2n) is 4.76. The van der Waals surface area contributed by atoms with Crippen molar-refractivity contribution in [3.63, 3.8) is 0 Å². The number of hydrogen-bond acceptors (Lipinski definition) is 3. The molecule has 1 aliphatic rings. The third kappa shape index (κ3) is 1.37. The summed E-state index contributed by atoms with van der Waals surface area (Å²) in [5.41, 5.74) is 8.41. The molecule has 0 bridgehead atoms. The fourth-order valence-corrected chi connectivity index (χ4v) is 2.23. The van der Waals surface area contributed by atoms with E-state index < -0.39 is 0 Å². The number of rotatable bonds is 0. The van der Waals surface area contributed by atoms with Crippen LogP contribution in [0.25, 0.3) is 0 Å². The van der Waals surface area contributed by atoms with E-state index in [1.54, 1.807) is 0 Å². The molecule has 13 heavy (non-hydrogen) atoms. The Morgan fingerprint density at radius 3 is 2.92 bits per heavy atom. The molecule has 0 amide bonds. The maximum atomic E-state index is 6.07. The Morgan fingerprint density at radius 2 is 2.23 bits per heavy atom. The zero-order chi connectivity index (χ0) is 9.64. The van der Waals surface area contributed by atoms with Gasteiger partial charge in [0.25, 0.3) is 0 Å². The second kappa shape index (κ2) is 2.58. The Labute approximate surface area is 78.3 Å². The maximum absolute atomic E-state index is 6.07. The molecular weight excluding hydrogens is 164 g/mol. The Balaban J connectivity index is 2.44. The van der Waals surface area contributed by atoms with Gasteiger partial charge in [-0.15, -0.1) is 0 Å². The highest BCUT2D eigenvalue weighted by Crippen LogP contribution is 2.40. The average molecular weight is 180 g/mol. The molecule has 1 heterocycles. The van der Waals surface area contributed by atoms with Crippen LogP contribution in [0.4, 0.5) is 0 Å². The quantitative estimate of drug-likeness (QED) is 0.664. The summed E-state index contributed by atoms with van der Waals surface area (Å²) in [5.74, 6) is 0.987. The van der Waals surface area contributed by atoms with Crippen molar-refractivity contribution in [3.8, 4) is 0 Å². The van der Waals surface area contributed by atoms with Crippen molar-refractivity contribution in [1.82, 2.24) is 5.16 Å². The summed E-state index contributed by atoms with van der Waals surface area (Å²) in [6.45, 7) is 6.39. The van der Waals surface area contributed by atoms with Crippen molar-refractivity contribution in [2.75, 3.05) is 0 Å². The summed E-state index contributed by atoms with van der Waals surface area (Å²) >= 11 is 0. The van der Waals surface area contributed by atoms with Crippen molar-refractivity contribution < 1.29 is 4.52 Å². The monoisotopic (exact) mass is 180 g/mol. The van der Waals surface area contributed by atoms with E-state index in [1.807, 2.05) is 6.92 Å². The van der Waals surface area contributed by atoms with Crippen LogP contribution in [0.2, 0.25) is 0 Å². The van der Waals surface area contributed by atoms with E-state index in [1.165, 1.54) is 0 Å². The Kier molecular flexibility index (Phi) is 1.74. The highest BCUT2D eigenvalue weighted by molar-refractivity contribution is 5.29. The molecule has 1 unspecified atom stereocenters. The van der Waals surface area contributed by atoms with Gasteiger partial charge in [-0.2, -0.15) is 0 Å². The van der Waals surface area contributed by atoms with E-state index in [9.17, 15) is 0 Å². The van der Waals surface area contributed by atoms with Gasteiger partial charge in [-0.05, 0) is 18.8 Å². The van der Waals surface area contributed by atoms with Crippen molar-refractivity contribution in [3.05, 3.63) is 17.0 Å². The van der Waals surface area contributed by atoms with Crippen LogP contribution in [-0.2, 0) is 6.42 Å². The normalized spacial score (nSPS) is 25.7. The summed E-state index contributed by atoms with van der Waals surface area (Å²) in [6.07, 6.45) is 1.97. The van der Waals surface area contributed by atoms with Gasteiger partial charge >= 0.3 is 0 Å². The van der Waals surface area contributed by atoms with Gasteiger partial charge in [-0.1, -0.05) is 19.0 Å². The molecule has 2 rings (SSSR count). The molecule has 0 radical (unpaired) electrons. The molecule has 3 heteroatoms. The van der Waals surface area contributed by atoms with Crippen LogP contribution in [-0.4, -0.2) is 5.16 Å². The lowest BCUT2D eigenvalue weighted by Crippen LogP contribution is -2.29. The van der Waals surface area contributed by atoms with E-state index in [0.717, 1.165) is 29.9 Å². The van der Waals surface area contributed by atoms with Gasteiger partial charge in [0.05, 0.1) is 5.69 Å². The molecule has 0 aliphatic heterocycles. The first-order chi connectivity index (χ1) is 5.99. The van der Waals surface area contributed by atoms with Crippen LogP contribution in [0.3, 0.4) is 0 Å². The molecule has 1 atom stereocenters. The van der Waals surface area contributed by atoms with Gasteiger partial charge < -0.3 is 10.3 Å². The molecule has 72 valence electrons. The van der Waals surface area contributed by atoms with E-state index in [-0.39, 0.29) is 11.5 Å². The molecule has 0 saturated carbocycles. The lowest BCUT2D eigenvalue weighted by atomic mass is 9.74. The van der Waals surface area contributed by atoms with E-state index >= 15 is 0 Å². The molecule has 1 aromatic heterocycles. The molecular formula is C10H16N2O. The highest BCUT2D eigenvalue weighted by Gasteiger charge is 2.34.